The van der Waals surface area contributed by atoms with Crippen molar-refractivity contribution in [2.24, 2.45) is 10.9 Å². The predicted octanol–water partition coefficient (Wildman–Crippen LogP) is 0.349. The van der Waals surface area contributed by atoms with Crippen LogP contribution in [0.4, 0.5) is 9.93 Å². The number of carbonyl (C=O) groups is 5. The van der Waals surface area contributed by atoms with E-state index in [-0.39, 0.29) is 39.8 Å². The van der Waals surface area contributed by atoms with E-state index in [0.717, 1.165) is 27.3 Å². The Kier molecular flexibility index (Phi) is 9.35. The van der Waals surface area contributed by atoms with Gasteiger partial charge in [0.2, 0.25) is 11.6 Å². The van der Waals surface area contributed by atoms with Crippen molar-refractivity contribution in [2.75, 3.05) is 18.1 Å². The molecule has 20 heteroatoms. The number of primary amides is 1. The van der Waals surface area contributed by atoms with E-state index < -0.39 is 53.1 Å². The Labute approximate surface area is 272 Å². The van der Waals surface area contributed by atoms with Crippen molar-refractivity contribution in [3.05, 3.63) is 51.9 Å². The van der Waals surface area contributed by atoms with E-state index in [1.54, 1.807) is 18.5 Å². The summed E-state index contributed by atoms with van der Waals surface area (Å²) in [6.07, 6.45) is 1.28. The van der Waals surface area contributed by atoms with Crippen molar-refractivity contribution < 1.29 is 48.3 Å². The Hall–Kier alpha value is -4.88. The maximum atomic E-state index is 13.3. The summed E-state index contributed by atoms with van der Waals surface area (Å²) in [6, 6.07) is 4.34. The summed E-state index contributed by atoms with van der Waals surface area (Å²) in [6.45, 7) is 1.77. The minimum absolute atomic E-state index is 0.00603. The van der Waals surface area contributed by atoms with Crippen molar-refractivity contribution in [3.63, 3.8) is 0 Å². The number of aliphatic carboxylic acids is 2. The van der Waals surface area contributed by atoms with E-state index in [9.17, 15) is 29.1 Å². The SMILES string of the molecule is C[C@H](ON=C(C(=O)N[C@@H]1C(=O)N2C(C(=O)O)=C(C[n+]3cccc4c3ccn4CCOC(N)=O)CS[C@H]12)c1nc(N)sc1Cl)C(=O)O. The van der Waals surface area contributed by atoms with Crippen molar-refractivity contribution in [1.29, 1.82) is 0 Å². The average Bonchev–Trinajstić information content (AvgIpc) is 3.57. The summed E-state index contributed by atoms with van der Waals surface area (Å²) >= 11 is 8.27. The summed E-state index contributed by atoms with van der Waals surface area (Å²) in [7, 11) is 0. The molecule has 1 fully saturated rings. The molecule has 5 heterocycles. The normalized spacial score (nSPS) is 18.5. The molecule has 0 bridgehead atoms. The third-order valence-corrected chi connectivity index (χ3v) is 9.40. The van der Waals surface area contributed by atoms with Gasteiger partial charge in [-0.25, -0.2) is 19.4 Å². The molecule has 242 valence electrons. The maximum Gasteiger partial charge on any atom is 0.404 e. The maximum absolute atomic E-state index is 13.3. The number of pyridine rings is 1. The van der Waals surface area contributed by atoms with Gasteiger partial charge in [0.25, 0.3) is 11.8 Å². The molecular formula is C26H26ClN8O9S2+. The molecule has 3 amide bonds. The highest BCUT2D eigenvalue weighted by Crippen LogP contribution is 2.40. The number of β-lactam (4-membered cyclic amide) rings is 1. The largest absolute Gasteiger partial charge is 0.478 e. The number of hydrogen-bond donors (Lipinski definition) is 5. The number of amides is 3. The Morgan fingerprint density at radius 1 is 1.30 bits per heavy atom. The molecule has 3 aromatic rings. The second-order valence-corrected chi connectivity index (χ2v) is 12.6. The lowest BCUT2D eigenvalue weighted by atomic mass is 10.0. The fraction of sp³-hybridized carbons (Fsp3) is 0.308. The lowest BCUT2D eigenvalue weighted by molar-refractivity contribution is -0.663. The highest BCUT2D eigenvalue weighted by molar-refractivity contribution is 8.00. The minimum atomic E-state index is -1.42. The van der Waals surface area contributed by atoms with Gasteiger partial charge in [0.05, 0.1) is 6.54 Å². The van der Waals surface area contributed by atoms with Crippen molar-refractivity contribution in [2.45, 2.75) is 37.5 Å². The van der Waals surface area contributed by atoms with E-state index >= 15 is 0 Å². The predicted molar refractivity (Wildman–Crippen MR) is 164 cm³/mol. The number of carboxylic acid groups (broad SMARTS) is 2. The molecular weight excluding hydrogens is 668 g/mol. The summed E-state index contributed by atoms with van der Waals surface area (Å²) < 4.78 is 8.50. The van der Waals surface area contributed by atoms with Gasteiger partial charge in [0, 0.05) is 29.7 Å². The number of nitrogens with zero attached hydrogens (tertiary/aromatic N) is 5. The first-order valence-corrected chi connectivity index (χ1v) is 15.6. The second kappa shape index (κ2) is 13.2. The van der Waals surface area contributed by atoms with Gasteiger partial charge in [-0.1, -0.05) is 28.1 Å². The zero-order valence-corrected chi connectivity index (χ0v) is 26.2. The van der Waals surface area contributed by atoms with Crippen LogP contribution >= 0.6 is 34.7 Å². The van der Waals surface area contributed by atoms with Gasteiger partial charge in [-0.3, -0.25) is 14.5 Å². The number of rotatable bonds is 12. The lowest BCUT2D eigenvalue weighted by Gasteiger charge is -2.49. The summed E-state index contributed by atoms with van der Waals surface area (Å²) in [5, 5.41) is 24.7. The molecule has 0 unspecified atom stereocenters. The Morgan fingerprint density at radius 2 is 2.07 bits per heavy atom. The Morgan fingerprint density at radius 3 is 2.72 bits per heavy atom. The number of thioether (sulfide) groups is 1. The number of thiazole rings is 1. The van der Waals surface area contributed by atoms with E-state index in [0.29, 0.717) is 12.1 Å². The van der Waals surface area contributed by atoms with Gasteiger partial charge in [0.1, 0.15) is 39.3 Å². The fourth-order valence-electron chi connectivity index (χ4n) is 4.85. The average molecular weight is 694 g/mol. The van der Waals surface area contributed by atoms with Gasteiger partial charge in [-0.05, 0) is 13.0 Å². The monoisotopic (exact) mass is 693 g/mol. The van der Waals surface area contributed by atoms with Gasteiger partial charge >= 0.3 is 18.0 Å². The standard InChI is InChI=1S/C26H25ClN8O9S2/c1-11(23(38)39)44-32-16(15-19(27)46-25(28)31-15)20(36)30-17-21(37)35-18(24(40)41)12(10-45-22(17)35)9-34-5-2-3-13-14(34)4-6-33(13)7-8-43-26(29)42/h2-6,11,17,22H,7-10H2,1H3,(H6-,28,29,30,31,36,38,39,40,41,42)/p+1/t11-,17+,22+/m0/s1. The molecule has 3 aromatic heterocycles. The number of anilines is 1. The molecule has 1 saturated heterocycles. The Bertz CT molecular complexity index is 1820. The van der Waals surface area contributed by atoms with E-state index in [2.05, 4.69) is 15.5 Å². The molecule has 0 spiro atoms. The number of nitrogens with one attached hydrogen (secondary N) is 1. The van der Waals surface area contributed by atoms with Crippen LogP contribution in [-0.2, 0) is 41.8 Å². The molecule has 0 aromatic carbocycles. The minimum Gasteiger partial charge on any atom is -0.478 e. The quantitative estimate of drug-likeness (QED) is 0.0746. The summed E-state index contributed by atoms with van der Waals surface area (Å²) in [5.74, 6) is -4.06. The third-order valence-electron chi connectivity index (χ3n) is 6.98. The molecule has 46 heavy (non-hydrogen) atoms. The van der Waals surface area contributed by atoms with E-state index in [1.165, 1.54) is 18.7 Å². The molecule has 7 N–H and O–H groups in total. The number of halogens is 1. The van der Waals surface area contributed by atoms with Crippen molar-refractivity contribution in [1.82, 2.24) is 19.8 Å². The molecule has 17 nitrogen and oxygen atoms in total. The highest BCUT2D eigenvalue weighted by atomic mass is 35.5. The number of ether oxygens (including phenoxy) is 1. The smallest absolute Gasteiger partial charge is 0.404 e. The van der Waals surface area contributed by atoms with Gasteiger partial charge in [-0.2, -0.15) is 4.57 Å². The van der Waals surface area contributed by atoms with E-state index in [1.807, 2.05) is 21.3 Å². The lowest BCUT2D eigenvalue weighted by Crippen LogP contribution is -2.71. The van der Waals surface area contributed by atoms with Gasteiger partial charge in [-0.15, -0.1) is 11.8 Å². The van der Waals surface area contributed by atoms with Crippen LogP contribution in [0, 0.1) is 0 Å². The zero-order valence-electron chi connectivity index (χ0n) is 23.8. The first-order chi connectivity index (χ1) is 21.9. The topological polar surface area (TPSA) is 246 Å². The van der Waals surface area contributed by atoms with Crippen LogP contribution in [0.1, 0.15) is 12.6 Å². The van der Waals surface area contributed by atoms with Crippen LogP contribution < -0.4 is 21.4 Å². The second-order valence-electron chi connectivity index (χ2n) is 9.90. The number of carbonyl (C=O) groups excluding carboxylic acids is 3. The van der Waals surface area contributed by atoms with Crippen LogP contribution in [0.2, 0.25) is 4.34 Å². The summed E-state index contributed by atoms with van der Waals surface area (Å²) in [4.78, 5) is 71.2. The fourth-order valence-corrected chi connectivity index (χ4v) is 7.11. The molecule has 0 radical (unpaired) electrons. The van der Waals surface area contributed by atoms with Crippen LogP contribution in [0.5, 0.6) is 0 Å². The number of nitrogen functional groups attached to an aromatic ring is 1. The van der Waals surface area contributed by atoms with Crippen molar-refractivity contribution >= 4 is 86.4 Å². The molecule has 0 aliphatic carbocycles. The zero-order chi connectivity index (χ0) is 33.3. The molecule has 2 aliphatic heterocycles. The molecule has 2 aliphatic rings. The molecule has 3 atom stereocenters. The van der Waals surface area contributed by atoms with Crippen LogP contribution in [-0.4, -0.2) is 90.1 Å². The van der Waals surface area contributed by atoms with Crippen LogP contribution in [0.3, 0.4) is 0 Å². The summed E-state index contributed by atoms with van der Waals surface area (Å²) in [5.41, 5.74) is 11.9. The number of nitrogens with two attached hydrogens (primary N) is 2. The Balaban J connectivity index is 1.36. The number of fused-ring (bicyclic) bond motifs is 2. The van der Waals surface area contributed by atoms with E-state index in [4.69, 9.17) is 37.7 Å². The third kappa shape index (κ3) is 6.42. The molecule has 5 rings (SSSR count). The first-order valence-electron chi connectivity index (χ1n) is 13.4. The van der Waals surface area contributed by atoms with Gasteiger partial charge < -0.3 is 41.1 Å². The van der Waals surface area contributed by atoms with Crippen molar-refractivity contribution in [3.8, 4) is 0 Å². The number of hydrogen-bond acceptors (Lipinski definition) is 12. The number of aromatic nitrogens is 3. The van der Waals surface area contributed by atoms with Gasteiger partial charge in [0.15, 0.2) is 23.6 Å². The highest BCUT2D eigenvalue weighted by Gasteiger charge is 2.55. The van der Waals surface area contributed by atoms with Crippen LogP contribution in [0.25, 0.3) is 11.0 Å². The number of carboxylic acids is 2. The first kappa shape index (κ1) is 32.5. The number of oxime groups is 1. The van der Waals surface area contributed by atoms with Crippen LogP contribution in [0.15, 0.2) is 47.0 Å². The molecule has 0 saturated carbocycles.